The number of carbonyl (C=O) groups excluding carboxylic acids is 1. The van der Waals surface area contributed by atoms with Crippen molar-refractivity contribution >= 4 is 11.6 Å². The summed E-state index contributed by atoms with van der Waals surface area (Å²) >= 11 is 0. The molecule has 0 saturated carbocycles. The van der Waals surface area contributed by atoms with Crippen LogP contribution in [0, 0.1) is 26.6 Å². The number of rotatable bonds is 6. The van der Waals surface area contributed by atoms with Gasteiger partial charge >= 0.3 is 0 Å². The van der Waals surface area contributed by atoms with E-state index in [0.29, 0.717) is 0 Å². The van der Waals surface area contributed by atoms with Gasteiger partial charge in [0.15, 0.2) is 6.04 Å². The molecule has 1 amide bonds. The predicted octanol–water partition coefficient (Wildman–Crippen LogP) is 6.95. The topological polar surface area (TPSA) is 29.1 Å². The molecule has 1 fully saturated rings. The number of amides is 1. The zero-order valence-corrected chi connectivity index (χ0v) is 24.1. The van der Waals surface area contributed by atoms with Crippen LogP contribution in [-0.2, 0) is 37.5 Å². The summed E-state index contributed by atoms with van der Waals surface area (Å²) in [5.41, 5.74) is 3.68. The van der Waals surface area contributed by atoms with Crippen molar-refractivity contribution in [2.75, 3.05) is 25.0 Å². The Bertz CT molecular complexity index is 825. The maximum Gasteiger partial charge on any atom is 0.282 e. The summed E-state index contributed by atoms with van der Waals surface area (Å²) in [6.45, 7) is 13.4. The van der Waals surface area contributed by atoms with E-state index in [0.717, 1.165) is 53.8 Å². The van der Waals surface area contributed by atoms with Gasteiger partial charge in [-0.25, -0.2) is 4.39 Å². The van der Waals surface area contributed by atoms with E-state index in [1.54, 1.807) is 0 Å². The van der Waals surface area contributed by atoms with Crippen LogP contribution in [0.15, 0.2) is 42.5 Å². The number of likely N-dealkylation sites (N-methyl/N-ethyl adjacent to an activating group) is 1. The van der Waals surface area contributed by atoms with Crippen LogP contribution in [0.1, 0.15) is 69.1 Å². The Morgan fingerprint density at radius 1 is 0.970 bits per heavy atom. The molecule has 1 N–H and O–H groups in total. The van der Waals surface area contributed by atoms with Crippen molar-refractivity contribution in [2.24, 2.45) is 0 Å². The van der Waals surface area contributed by atoms with Crippen molar-refractivity contribution in [3.63, 3.8) is 0 Å². The molecule has 2 aromatic rings. The van der Waals surface area contributed by atoms with Crippen LogP contribution in [0.3, 0.4) is 0 Å². The number of hydrogen-bond acceptors (Lipinski definition) is 1. The molecule has 1 radical (unpaired) electrons. The minimum atomic E-state index is -0.248. The van der Waals surface area contributed by atoms with Gasteiger partial charge in [0, 0.05) is 44.8 Å². The van der Waals surface area contributed by atoms with Gasteiger partial charge in [0.1, 0.15) is 5.82 Å². The van der Waals surface area contributed by atoms with Gasteiger partial charge in [-0.3, -0.25) is 4.79 Å². The van der Waals surface area contributed by atoms with Crippen molar-refractivity contribution in [3.8, 4) is 0 Å². The molecule has 0 bridgehead atoms. The van der Waals surface area contributed by atoms with E-state index >= 15 is 0 Å². The fraction of sp³-hybridized carbons (Fsp3) is 0.536. The number of anilines is 1. The summed E-state index contributed by atoms with van der Waals surface area (Å²) in [4.78, 5) is 13.2. The second-order valence-corrected chi connectivity index (χ2v) is 9.26. The number of nitrogens with one attached hydrogen (secondary N) is 1. The molecule has 3 rings (SSSR count). The zero-order valence-electron chi connectivity index (χ0n) is 21.3. The largest absolute Gasteiger partial charge is 0.320 e. The van der Waals surface area contributed by atoms with Crippen LogP contribution in [0.2, 0.25) is 0 Å². The first kappa shape index (κ1) is 29.9. The van der Waals surface area contributed by atoms with E-state index in [9.17, 15) is 9.18 Å². The summed E-state index contributed by atoms with van der Waals surface area (Å²) < 4.78 is 14.5. The van der Waals surface area contributed by atoms with Gasteiger partial charge in [0.25, 0.3) is 5.91 Å². The molecule has 2 aromatic carbocycles. The Kier molecular flexibility index (Phi) is 13.6. The van der Waals surface area contributed by atoms with Crippen molar-refractivity contribution in [3.05, 3.63) is 65.0 Å². The van der Waals surface area contributed by atoms with Crippen LogP contribution in [0.5, 0.6) is 0 Å². The molecule has 1 atom stereocenters. The van der Waals surface area contributed by atoms with Crippen molar-refractivity contribution in [1.29, 1.82) is 0 Å². The second-order valence-electron chi connectivity index (χ2n) is 9.26. The molecule has 1 unspecified atom stereocenters. The van der Waals surface area contributed by atoms with Gasteiger partial charge in [-0.05, 0) is 83.1 Å². The standard InChI is InChI=1S/C21H33FN2O.C7H8.Y/c1-5-11-19(24(6-2)12-9-7-8-10-13-24)21(25)23-20-16(3)14-18(22)15-17(20)4;1-7-5-3-2-4-6-7;/h14-15,19H,5-13H2,1-4H3;2-6H,1H3;/p+1. The molecule has 179 valence electrons. The molecule has 5 heteroatoms. The average Bonchev–Trinajstić information content (AvgIpc) is 3.02. The Labute approximate surface area is 226 Å². The van der Waals surface area contributed by atoms with E-state index in [2.05, 4.69) is 38.2 Å². The van der Waals surface area contributed by atoms with Crippen LogP contribution in [0.25, 0.3) is 0 Å². The first-order valence-electron chi connectivity index (χ1n) is 12.3. The fourth-order valence-electron chi connectivity index (χ4n) is 4.94. The molecule has 1 aliphatic rings. The maximum absolute atomic E-state index is 13.6. The van der Waals surface area contributed by atoms with Crippen LogP contribution >= 0.6 is 0 Å². The summed E-state index contributed by atoms with van der Waals surface area (Å²) in [7, 11) is 0. The number of hydrogen-bond donors (Lipinski definition) is 1. The molecule has 0 aliphatic carbocycles. The molecule has 33 heavy (non-hydrogen) atoms. The van der Waals surface area contributed by atoms with Gasteiger partial charge in [-0.2, -0.15) is 0 Å². The zero-order chi connectivity index (χ0) is 23.6. The fourth-order valence-corrected chi connectivity index (χ4v) is 4.94. The van der Waals surface area contributed by atoms with E-state index in [4.69, 9.17) is 0 Å². The summed E-state index contributed by atoms with van der Waals surface area (Å²) in [6.07, 6.45) is 6.86. The number of benzene rings is 2. The molecule has 1 aliphatic heterocycles. The van der Waals surface area contributed by atoms with Crippen molar-refractivity contribution in [1.82, 2.24) is 0 Å². The summed E-state index contributed by atoms with van der Waals surface area (Å²) in [6, 6.07) is 13.2. The minimum absolute atomic E-state index is 0. The number of likely N-dealkylation sites (tertiary alicyclic amines) is 1. The molecule has 3 nitrogen and oxygen atoms in total. The molecule has 0 spiro atoms. The minimum Gasteiger partial charge on any atom is -0.320 e. The monoisotopic (exact) mass is 530 g/mol. The third-order valence-corrected chi connectivity index (χ3v) is 6.80. The summed E-state index contributed by atoms with van der Waals surface area (Å²) in [5.74, 6) is -0.147. The van der Waals surface area contributed by atoms with Gasteiger partial charge in [-0.15, -0.1) is 0 Å². The summed E-state index contributed by atoms with van der Waals surface area (Å²) in [5, 5.41) is 3.15. The van der Waals surface area contributed by atoms with Gasteiger partial charge in [0.2, 0.25) is 0 Å². The van der Waals surface area contributed by atoms with Crippen LogP contribution < -0.4 is 5.32 Å². The van der Waals surface area contributed by atoms with Crippen molar-refractivity contribution < 1.29 is 46.4 Å². The quantitative estimate of drug-likeness (QED) is 0.402. The third kappa shape index (κ3) is 8.89. The van der Waals surface area contributed by atoms with Gasteiger partial charge in [-0.1, -0.05) is 42.8 Å². The number of aryl methyl sites for hydroxylation is 3. The van der Waals surface area contributed by atoms with E-state index in [-0.39, 0.29) is 50.5 Å². The first-order valence-corrected chi connectivity index (χ1v) is 12.3. The number of carbonyl (C=O) groups is 1. The molecule has 0 aromatic heterocycles. The molecule has 1 heterocycles. The van der Waals surface area contributed by atoms with Gasteiger partial charge < -0.3 is 9.80 Å². The van der Waals surface area contributed by atoms with Gasteiger partial charge in [0.05, 0.1) is 19.6 Å². The number of halogens is 1. The Morgan fingerprint density at radius 3 is 1.94 bits per heavy atom. The maximum atomic E-state index is 13.6. The van der Waals surface area contributed by atoms with E-state index in [1.807, 2.05) is 32.0 Å². The Morgan fingerprint density at radius 2 is 1.52 bits per heavy atom. The number of quaternary nitrogens is 1. The average molecular weight is 531 g/mol. The third-order valence-electron chi connectivity index (χ3n) is 6.80. The van der Waals surface area contributed by atoms with E-state index < -0.39 is 0 Å². The Balaban J connectivity index is 0.000000581. The Hall–Kier alpha value is -1.10. The van der Waals surface area contributed by atoms with E-state index in [1.165, 1.54) is 43.4 Å². The van der Waals surface area contributed by atoms with Crippen LogP contribution in [-0.4, -0.2) is 36.1 Å². The first-order chi connectivity index (χ1) is 15.3. The normalized spacial score (nSPS) is 15.8. The SMILES string of the molecule is CCCC(C(=O)Nc1c(C)cc(F)cc1C)[N+]1(CC)CCCCCC1.Cc1ccccc1.[Y]. The van der Waals surface area contributed by atoms with Crippen LogP contribution in [0.4, 0.5) is 10.1 Å². The number of nitrogens with zero attached hydrogens (tertiary/aromatic N) is 1. The second kappa shape index (κ2) is 15.0. The van der Waals surface area contributed by atoms with Crippen molar-refractivity contribution in [2.45, 2.75) is 79.2 Å². The molecular formula is C28H42FN2OY+. The smallest absolute Gasteiger partial charge is 0.282 e. The predicted molar refractivity (Wildman–Crippen MR) is 133 cm³/mol. The molecule has 1 saturated heterocycles. The molecular weight excluding hydrogens is 488 g/mol.